The minimum absolute atomic E-state index is 0. The van der Waals surface area contributed by atoms with E-state index >= 15 is 0 Å². The third kappa shape index (κ3) is 36.7. The number of nitrogens with one attached hydrogen (secondary N) is 1. The van der Waals surface area contributed by atoms with E-state index in [-0.39, 0.29) is 185 Å². The fraction of sp³-hybridized carbons (Fsp3) is 0.507. The van der Waals surface area contributed by atoms with Gasteiger partial charge in [-0.2, -0.15) is 0 Å². The van der Waals surface area contributed by atoms with Crippen LogP contribution in [-0.2, 0) is 19.3 Å². The average Bonchev–Trinajstić information content (AvgIpc) is 0.840. The van der Waals surface area contributed by atoms with Crippen molar-refractivity contribution in [3.05, 3.63) is 172 Å². The molecule has 36 heteroatoms. The first-order chi connectivity index (χ1) is 46.2. The van der Waals surface area contributed by atoms with E-state index in [4.69, 9.17) is 15.9 Å². The summed E-state index contributed by atoms with van der Waals surface area (Å²) >= 11 is 2.15. The van der Waals surface area contributed by atoms with Crippen molar-refractivity contribution in [3.63, 3.8) is 0 Å². The van der Waals surface area contributed by atoms with E-state index in [0.717, 1.165) is 121 Å². The van der Waals surface area contributed by atoms with Gasteiger partial charge < -0.3 is 58.3 Å². The molecule has 0 saturated carbocycles. The zero-order valence-corrected chi connectivity index (χ0v) is 69.9. The number of carbonyl (C=O) groups is 2. The van der Waals surface area contributed by atoms with E-state index < -0.39 is 72.1 Å². The van der Waals surface area contributed by atoms with Crippen LogP contribution in [0.2, 0.25) is 0 Å². The Hall–Kier alpha value is -4.59. The van der Waals surface area contributed by atoms with Gasteiger partial charge >= 0.3 is 144 Å². The molecule has 0 atom stereocenters. The van der Waals surface area contributed by atoms with Gasteiger partial charge in [0.1, 0.15) is 11.4 Å². The summed E-state index contributed by atoms with van der Waals surface area (Å²) in [6.07, 6.45) is 8.52. The molecule has 4 fully saturated rings. The van der Waals surface area contributed by atoms with Gasteiger partial charge in [-0.25, -0.2) is 35.9 Å². The summed E-state index contributed by atoms with van der Waals surface area (Å²) < 4.78 is 85.2. The maximum atomic E-state index is 14.1. The SMILES string of the molecule is C.C.CC(=O)OOC=[N-].CC(C)(C)OC(=O)NC1CCN(c2ccc([N+](=O)[O-])cc2F)CC1.CCC1CCN(c2ccc([N+](=O)[O-])cc2F)CC1.CI.CN(C)C1CCN(c2ccc(N)cc2F)CC1.CN(C)C1CCN(c2ccc([N+](=O)[O-])cc2F)CC1.O=[N+]([O-])c1ccc(F)c(F)c1.[H-].[H-].[K+].[K+].[Na+]. The van der Waals surface area contributed by atoms with Crippen molar-refractivity contribution in [2.24, 2.45) is 5.92 Å². The van der Waals surface area contributed by atoms with E-state index in [2.05, 4.69) is 73.4 Å². The average molecular weight is 1630 g/mol. The van der Waals surface area contributed by atoms with Gasteiger partial charge in [-0.1, -0.05) is 50.8 Å². The summed E-state index contributed by atoms with van der Waals surface area (Å²) in [6.45, 7) is 14.8. The van der Waals surface area contributed by atoms with Gasteiger partial charge in [-0.3, -0.25) is 45.3 Å². The molecule has 0 bridgehead atoms. The monoisotopic (exact) mass is 1630 g/mol. The van der Waals surface area contributed by atoms with Crippen LogP contribution in [0.5, 0.6) is 0 Å². The standard InChI is InChI=1S/C16H22FN3O4.C13H18FN3O2.C13H20FN3.C13H17FN2O2.C6H3F2NO2.C3H4NO3.CH3I.2CH4.2K.Na.2H/c1-16(2,3)24-15(21)18-11-6-8-19(9-7-11)14-5-4-12(20(22)23)10-13(14)17;1-15(2)10-5-7-16(8-6-10)13-4-3-11(17(18)19)9-12(13)14;1-16(2)11-5-7-17(8-6-11)13-4-3-10(15)9-12(13)14;1-2-10-5-7-15(8-6-10)13-4-3-11(16(17)18)9-12(13)14;7-5-2-1-4(9(10)11)3-6(5)8;1-3(5)7-6-2-4;1-2;;;;;;;/h4-5,10-11H,6-9H2,1-3H3,(H,18,21);3-4,9-10H,5-8H2,1-2H3;3-4,9,11H,5-8,15H2,1-2H3;3-4,9-10H,2,5-8H2,1H3;1-3H;2H,1H3;1H3;2*1H4;;;;;/q;;;;;-1;;;;3*+1;2*-1. The molecule has 4 heterocycles. The van der Waals surface area contributed by atoms with Crippen LogP contribution in [0.3, 0.4) is 0 Å². The van der Waals surface area contributed by atoms with Gasteiger partial charge in [-0.05, 0) is 154 Å². The number of benzene rings is 5. The Balaban J connectivity index is -0.000000384. The molecule has 1 amide bonds. The molecule has 4 aliphatic rings. The number of hydrogen-bond acceptors (Lipinski definition) is 20. The first-order valence-electron chi connectivity index (χ1n) is 31.2. The second-order valence-electron chi connectivity index (χ2n) is 24.1. The molecule has 103 heavy (non-hydrogen) atoms. The summed E-state index contributed by atoms with van der Waals surface area (Å²) in [5.74, 6) is -4.02. The number of alkyl carbamates (subject to hydrolysis) is 1. The third-order valence-electron chi connectivity index (χ3n) is 15.9. The van der Waals surface area contributed by atoms with E-state index in [0.29, 0.717) is 78.6 Å². The first kappa shape index (κ1) is 103. The summed E-state index contributed by atoms with van der Waals surface area (Å²) in [7, 11) is 8.30. The van der Waals surface area contributed by atoms with E-state index in [1.807, 2.05) is 33.7 Å². The van der Waals surface area contributed by atoms with Crippen LogP contribution in [0.25, 0.3) is 5.41 Å². The predicted octanol–water partition coefficient (Wildman–Crippen LogP) is 6.30. The number of halogens is 7. The van der Waals surface area contributed by atoms with Gasteiger partial charge in [0.2, 0.25) is 0 Å². The Bertz CT molecular complexity index is 3440. The maximum absolute atomic E-state index is 14.1. The number of alkyl halides is 1. The molecule has 26 nitrogen and oxygen atoms in total. The Labute approximate surface area is 723 Å². The van der Waals surface area contributed by atoms with E-state index in [9.17, 15) is 76.4 Å². The van der Waals surface area contributed by atoms with E-state index in [1.54, 1.807) is 32.9 Å². The van der Waals surface area contributed by atoms with Crippen molar-refractivity contribution < 1.29 is 205 Å². The maximum Gasteiger partial charge on any atom is 1.00 e. The van der Waals surface area contributed by atoms with Crippen molar-refractivity contribution in [2.45, 2.75) is 131 Å². The molecule has 0 spiro atoms. The predicted molar refractivity (Wildman–Crippen MR) is 389 cm³/mol. The van der Waals surface area contributed by atoms with Crippen molar-refractivity contribution in [2.75, 3.05) is 111 Å². The summed E-state index contributed by atoms with van der Waals surface area (Å²) in [5.41, 5.74) is 6.33. The number of carbonyl (C=O) groups excluding carboxylic acids is 2. The van der Waals surface area contributed by atoms with Crippen molar-refractivity contribution in [3.8, 4) is 0 Å². The number of ether oxygens (including phenoxy) is 1. The van der Waals surface area contributed by atoms with Gasteiger partial charge in [-0.15, -0.1) is 0 Å². The summed E-state index contributed by atoms with van der Waals surface area (Å²) in [4.78, 5) is 82.4. The second kappa shape index (κ2) is 52.4. The van der Waals surface area contributed by atoms with E-state index in [1.165, 1.54) is 42.5 Å². The molecule has 0 unspecified atom stereocenters. The molecular weight excluding hydrogens is 1540 g/mol. The van der Waals surface area contributed by atoms with Crippen LogP contribution >= 0.6 is 22.6 Å². The van der Waals surface area contributed by atoms with Gasteiger partial charge in [0.25, 0.3) is 22.7 Å². The zero-order chi connectivity index (χ0) is 73.6. The minimum atomic E-state index is -1.21. The van der Waals surface area contributed by atoms with Crippen LogP contribution in [0.1, 0.15) is 110 Å². The number of rotatable bonds is 14. The normalized spacial score (nSPS) is 14.3. The fourth-order valence-corrected chi connectivity index (χ4v) is 10.6. The number of nitro benzene ring substituents is 4. The summed E-state index contributed by atoms with van der Waals surface area (Å²) in [5, 5.41) is 52.3. The topological polar surface area (TPSA) is 314 Å². The molecule has 3 N–H and O–H groups in total. The zero-order valence-electron chi connectivity index (χ0n) is 61.5. The number of nitrogen functional groups attached to an aromatic ring is 1. The van der Waals surface area contributed by atoms with Gasteiger partial charge in [0, 0.05) is 114 Å². The largest absolute Gasteiger partial charge is 1.00 e. The molecular formula is C67H97F6IK2N13NaO13. The van der Waals surface area contributed by atoms with Gasteiger partial charge in [0.15, 0.2) is 29.1 Å². The van der Waals surface area contributed by atoms with Crippen molar-refractivity contribution in [1.29, 1.82) is 0 Å². The Morgan fingerprint density at radius 2 is 0.864 bits per heavy atom. The summed E-state index contributed by atoms with van der Waals surface area (Å²) in [6, 6.07) is 19.6. The minimum Gasteiger partial charge on any atom is -1.00 e. The molecule has 5 aromatic rings. The molecule has 4 aliphatic heterocycles. The Kier molecular flexibility index (Phi) is 52.2. The molecule has 9 rings (SSSR count). The van der Waals surface area contributed by atoms with Gasteiger partial charge in [0.05, 0.1) is 66.7 Å². The number of nitro groups is 4. The van der Waals surface area contributed by atoms with Crippen LogP contribution in [0.4, 0.5) is 82.3 Å². The number of nitrogens with two attached hydrogens (primary N) is 1. The number of amides is 1. The number of hydrogen-bond donors (Lipinski definition) is 2. The number of nitrogens with zero attached hydrogens (tertiary/aromatic N) is 11. The second-order valence-corrected chi connectivity index (χ2v) is 24.1. The van der Waals surface area contributed by atoms with Crippen molar-refractivity contribution in [1.82, 2.24) is 15.1 Å². The number of non-ortho nitro benzene ring substituents is 4. The molecule has 0 aliphatic carbocycles. The molecule has 0 aromatic heterocycles. The quantitative estimate of drug-likeness (QED) is 0.0118. The molecule has 0 radical (unpaired) electrons. The smallest absolute Gasteiger partial charge is 1.00 e. The molecule has 4 saturated heterocycles. The van der Waals surface area contributed by atoms with Crippen molar-refractivity contribution >= 4 is 92.2 Å². The van der Waals surface area contributed by atoms with Crippen LogP contribution in [-0.4, -0.2) is 157 Å². The first-order valence-corrected chi connectivity index (χ1v) is 33.3. The number of anilines is 5. The molecule has 560 valence electrons. The van der Waals surface area contributed by atoms with Crippen LogP contribution < -0.4 is 163 Å². The molecule has 5 aromatic carbocycles. The Morgan fingerprint density at radius 1 is 0.563 bits per heavy atom. The third-order valence-corrected chi connectivity index (χ3v) is 15.9. The van der Waals surface area contributed by atoms with Crippen LogP contribution in [0, 0.1) is 81.3 Å². The Morgan fingerprint density at radius 3 is 1.13 bits per heavy atom. The number of piperidine rings is 4. The fourth-order valence-electron chi connectivity index (χ4n) is 10.6. The van der Waals surface area contributed by atoms with Crippen LogP contribution in [0.15, 0.2) is 91.0 Å².